The second-order valence-corrected chi connectivity index (χ2v) is 7.32. The molecular weight excluding hydrogens is 350 g/mol. The molecule has 140 valence electrons. The standard InChI is InChI=1S/C22H21N5O/c1-26-12-16(17-4-2-3-5-20(17)26)13-27-11-8-18-19(14-27)24-21(25-22(18)28)15-6-9-23-10-7-15/h2-7,9-10,12H,8,11,13-14H2,1H3,(H,24,25,28). The van der Waals surface area contributed by atoms with Crippen LogP contribution in [0.2, 0.25) is 0 Å². The predicted molar refractivity (Wildman–Crippen MR) is 109 cm³/mol. The van der Waals surface area contributed by atoms with Crippen molar-refractivity contribution in [2.45, 2.75) is 19.5 Å². The topological polar surface area (TPSA) is 66.8 Å². The van der Waals surface area contributed by atoms with Gasteiger partial charge in [-0.15, -0.1) is 0 Å². The fourth-order valence-electron chi connectivity index (χ4n) is 4.07. The van der Waals surface area contributed by atoms with Gasteiger partial charge in [0.05, 0.1) is 5.69 Å². The summed E-state index contributed by atoms with van der Waals surface area (Å²) in [5.74, 6) is 0.609. The number of para-hydroxylation sites is 1. The van der Waals surface area contributed by atoms with Crippen molar-refractivity contribution in [3.8, 4) is 11.4 Å². The molecule has 1 N–H and O–H groups in total. The zero-order valence-electron chi connectivity index (χ0n) is 15.7. The zero-order chi connectivity index (χ0) is 19.1. The zero-order valence-corrected chi connectivity index (χ0v) is 15.7. The summed E-state index contributed by atoms with van der Waals surface area (Å²) in [6.45, 7) is 2.38. The van der Waals surface area contributed by atoms with Gasteiger partial charge in [0.15, 0.2) is 0 Å². The number of aryl methyl sites for hydroxylation is 1. The first kappa shape index (κ1) is 16.9. The monoisotopic (exact) mass is 371 g/mol. The van der Waals surface area contributed by atoms with Crippen LogP contribution in [0, 0.1) is 0 Å². The molecule has 0 saturated heterocycles. The maximum absolute atomic E-state index is 12.6. The molecule has 6 nitrogen and oxygen atoms in total. The van der Waals surface area contributed by atoms with Crippen LogP contribution in [-0.2, 0) is 26.6 Å². The Morgan fingerprint density at radius 3 is 2.82 bits per heavy atom. The molecule has 0 radical (unpaired) electrons. The third-order valence-corrected chi connectivity index (χ3v) is 5.48. The highest BCUT2D eigenvalue weighted by Gasteiger charge is 2.22. The van der Waals surface area contributed by atoms with Crippen molar-refractivity contribution in [2.75, 3.05) is 6.54 Å². The number of H-pyrrole nitrogens is 1. The molecule has 0 bridgehead atoms. The Morgan fingerprint density at radius 1 is 1.14 bits per heavy atom. The van der Waals surface area contributed by atoms with Gasteiger partial charge in [0.1, 0.15) is 5.82 Å². The molecule has 4 heterocycles. The lowest BCUT2D eigenvalue weighted by atomic mass is 10.0. The number of hydrogen-bond donors (Lipinski definition) is 1. The number of fused-ring (bicyclic) bond motifs is 2. The fourth-order valence-corrected chi connectivity index (χ4v) is 4.07. The van der Waals surface area contributed by atoms with Gasteiger partial charge in [0.25, 0.3) is 5.56 Å². The van der Waals surface area contributed by atoms with Crippen molar-refractivity contribution in [3.05, 3.63) is 82.2 Å². The third kappa shape index (κ3) is 2.92. The van der Waals surface area contributed by atoms with E-state index in [2.05, 4.69) is 56.9 Å². The molecule has 3 aromatic heterocycles. The van der Waals surface area contributed by atoms with Crippen molar-refractivity contribution in [2.24, 2.45) is 7.05 Å². The van der Waals surface area contributed by atoms with Crippen LogP contribution in [0.25, 0.3) is 22.3 Å². The lowest BCUT2D eigenvalue weighted by molar-refractivity contribution is 0.241. The number of nitrogens with one attached hydrogen (secondary N) is 1. The van der Waals surface area contributed by atoms with Crippen LogP contribution in [0.1, 0.15) is 16.8 Å². The van der Waals surface area contributed by atoms with Crippen LogP contribution in [0.4, 0.5) is 0 Å². The molecule has 4 aromatic rings. The number of hydrogen-bond acceptors (Lipinski definition) is 4. The quantitative estimate of drug-likeness (QED) is 0.601. The maximum atomic E-state index is 12.6. The highest BCUT2D eigenvalue weighted by Crippen LogP contribution is 2.24. The minimum absolute atomic E-state index is 0.0263. The summed E-state index contributed by atoms with van der Waals surface area (Å²) in [6.07, 6.45) is 6.34. The Bertz CT molecular complexity index is 1210. The SMILES string of the molecule is Cn1cc(CN2CCc3c(nc(-c4ccncc4)[nH]c3=O)C2)c2ccccc21. The summed E-state index contributed by atoms with van der Waals surface area (Å²) in [5, 5.41) is 1.28. The fraction of sp³-hybridized carbons (Fsp3) is 0.227. The Balaban J connectivity index is 1.46. The summed E-state index contributed by atoms with van der Waals surface area (Å²) in [4.78, 5) is 26.7. The van der Waals surface area contributed by atoms with E-state index in [-0.39, 0.29) is 5.56 Å². The van der Waals surface area contributed by atoms with E-state index in [1.807, 2.05) is 12.1 Å². The van der Waals surface area contributed by atoms with Crippen molar-refractivity contribution in [1.82, 2.24) is 24.4 Å². The number of rotatable bonds is 3. The Labute approximate surface area is 162 Å². The number of aromatic nitrogens is 4. The van der Waals surface area contributed by atoms with Gasteiger partial charge < -0.3 is 9.55 Å². The number of benzene rings is 1. The molecule has 0 atom stereocenters. The van der Waals surface area contributed by atoms with Gasteiger partial charge in [-0.3, -0.25) is 14.7 Å². The van der Waals surface area contributed by atoms with E-state index in [0.29, 0.717) is 12.4 Å². The normalized spacial score (nSPS) is 14.3. The van der Waals surface area contributed by atoms with E-state index in [1.165, 1.54) is 16.5 Å². The molecule has 1 aliphatic rings. The first-order valence-electron chi connectivity index (χ1n) is 9.47. The molecule has 28 heavy (non-hydrogen) atoms. The second-order valence-electron chi connectivity index (χ2n) is 7.32. The van der Waals surface area contributed by atoms with E-state index in [9.17, 15) is 4.79 Å². The number of nitrogens with zero attached hydrogens (tertiary/aromatic N) is 4. The summed E-state index contributed by atoms with van der Waals surface area (Å²) in [5.41, 5.74) is 5.09. The Kier molecular flexibility index (Phi) is 4.06. The average Bonchev–Trinajstić information content (AvgIpc) is 3.04. The molecular formula is C22H21N5O. The Morgan fingerprint density at radius 2 is 1.96 bits per heavy atom. The van der Waals surface area contributed by atoms with Crippen LogP contribution in [0.3, 0.4) is 0 Å². The van der Waals surface area contributed by atoms with Gasteiger partial charge >= 0.3 is 0 Å². The van der Waals surface area contributed by atoms with Crippen LogP contribution >= 0.6 is 0 Å². The largest absolute Gasteiger partial charge is 0.350 e. The molecule has 0 spiro atoms. The molecule has 0 unspecified atom stereocenters. The highest BCUT2D eigenvalue weighted by molar-refractivity contribution is 5.83. The molecule has 1 aliphatic heterocycles. The molecule has 5 rings (SSSR count). The summed E-state index contributed by atoms with van der Waals surface area (Å²) >= 11 is 0. The van der Waals surface area contributed by atoms with Gasteiger partial charge in [0.2, 0.25) is 0 Å². The molecule has 6 heteroatoms. The van der Waals surface area contributed by atoms with Crippen molar-refractivity contribution >= 4 is 10.9 Å². The summed E-state index contributed by atoms with van der Waals surface area (Å²) in [7, 11) is 2.08. The smallest absolute Gasteiger partial charge is 0.254 e. The first-order valence-corrected chi connectivity index (χ1v) is 9.47. The molecule has 1 aromatic carbocycles. The third-order valence-electron chi connectivity index (χ3n) is 5.48. The molecule has 0 fully saturated rings. The maximum Gasteiger partial charge on any atom is 0.254 e. The average molecular weight is 371 g/mol. The molecule has 0 amide bonds. The van der Waals surface area contributed by atoms with Gasteiger partial charge in [-0.05, 0) is 30.2 Å². The van der Waals surface area contributed by atoms with E-state index in [0.717, 1.165) is 36.3 Å². The van der Waals surface area contributed by atoms with Gasteiger partial charge in [-0.1, -0.05) is 18.2 Å². The lowest BCUT2D eigenvalue weighted by Gasteiger charge is -2.27. The minimum atomic E-state index is -0.0263. The molecule has 0 saturated carbocycles. The van der Waals surface area contributed by atoms with E-state index >= 15 is 0 Å². The van der Waals surface area contributed by atoms with E-state index < -0.39 is 0 Å². The summed E-state index contributed by atoms with van der Waals surface area (Å²) in [6, 6.07) is 12.2. The number of pyridine rings is 1. The van der Waals surface area contributed by atoms with Crippen LogP contribution in [-0.4, -0.2) is 31.0 Å². The van der Waals surface area contributed by atoms with Crippen molar-refractivity contribution < 1.29 is 0 Å². The van der Waals surface area contributed by atoms with Crippen LogP contribution in [0.15, 0.2) is 59.8 Å². The molecule has 0 aliphatic carbocycles. The second kappa shape index (κ2) is 6.73. The van der Waals surface area contributed by atoms with Crippen molar-refractivity contribution in [3.63, 3.8) is 0 Å². The van der Waals surface area contributed by atoms with Crippen LogP contribution in [0.5, 0.6) is 0 Å². The predicted octanol–water partition coefficient (Wildman–Crippen LogP) is 2.88. The Hall–Kier alpha value is -3.25. The van der Waals surface area contributed by atoms with Gasteiger partial charge in [-0.2, -0.15) is 0 Å². The minimum Gasteiger partial charge on any atom is -0.350 e. The summed E-state index contributed by atoms with van der Waals surface area (Å²) < 4.78 is 2.17. The van der Waals surface area contributed by atoms with Crippen molar-refractivity contribution in [1.29, 1.82) is 0 Å². The van der Waals surface area contributed by atoms with Gasteiger partial charge in [0, 0.05) is 67.3 Å². The van der Waals surface area contributed by atoms with E-state index in [1.54, 1.807) is 12.4 Å². The first-order chi connectivity index (χ1) is 13.7. The van der Waals surface area contributed by atoms with Crippen LogP contribution < -0.4 is 5.56 Å². The lowest BCUT2D eigenvalue weighted by Crippen LogP contribution is -2.35. The van der Waals surface area contributed by atoms with E-state index in [4.69, 9.17) is 4.98 Å². The highest BCUT2D eigenvalue weighted by atomic mass is 16.1. The van der Waals surface area contributed by atoms with Gasteiger partial charge in [-0.25, -0.2) is 4.98 Å². The number of aromatic amines is 1.